The highest BCUT2D eigenvalue weighted by molar-refractivity contribution is 9.09. The number of nitrogens with zero attached hydrogens (tertiary/aromatic N) is 1. The van der Waals surface area contributed by atoms with Crippen LogP contribution in [0.1, 0.15) is 22.1 Å². The number of aromatic nitrogens is 1. The molecule has 0 unspecified atom stereocenters. The van der Waals surface area contributed by atoms with Gasteiger partial charge in [0.1, 0.15) is 11.5 Å². The summed E-state index contributed by atoms with van der Waals surface area (Å²) in [6.45, 7) is 0.804. The van der Waals surface area contributed by atoms with Crippen molar-refractivity contribution >= 4 is 21.7 Å². The number of carbonyl (C=O) groups is 1. The highest BCUT2D eigenvalue weighted by Gasteiger charge is 2.15. The number of halogens is 2. The van der Waals surface area contributed by atoms with E-state index in [2.05, 4.69) is 20.9 Å². The van der Waals surface area contributed by atoms with Crippen molar-refractivity contribution in [1.82, 2.24) is 4.98 Å². The molecule has 0 saturated carbocycles. The Hall–Kier alpha value is -0.710. The quantitative estimate of drug-likeness (QED) is 0.595. The second kappa shape index (κ2) is 3.80. The lowest BCUT2D eigenvalue weighted by Crippen LogP contribution is -2.02. The number of aryl methyl sites for hydroxylation is 1. The summed E-state index contributed by atoms with van der Waals surface area (Å²) in [5, 5.41) is 0.173. The largest absolute Gasteiger partial charge is 0.442 e. The number of rotatable bonds is 3. The van der Waals surface area contributed by atoms with Crippen LogP contribution in [0.5, 0.6) is 0 Å². The van der Waals surface area contributed by atoms with Crippen molar-refractivity contribution in [2.24, 2.45) is 0 Å². The molecule has 0 aromatic carbocycles. The van der Waals surface area contributed by atoms with Crippen molar-refractivity contribution in [1.29, 1.82) is 0 Å². The number of hydrogen-bond acceptors (Lipinski definition) is 3. The molecule has 0 bridgehead atoms. The van der Waals surface area contributed by atoms with Gasteiger partial charge in [-0.05, 0) is 6.92 Å². The fourth-order valence-electron chi connectivity index (χ4n) is 0.830. The summed E-state index contributed by atoms with van der Waals surface area (Å²) in [6.07, 6.45) is 0. The lowest BCUT2D eigenvalue weighted by molar-refractivity contribution is 0.101. The van der Waals surface area contributed by atoms with Gasteiger partial charge in [0.05, 0.1) is 5.33 Å². The van der Waals surface area contributed by atoms with Gasteiger partial charge in [-0.1, -0.05) is 15.9 Å². The predicted octanol–water partition coefficient (Wildman–Crippen LogP) is 2.03. The molecule has 0 atom stereocenters. The van der Waals surface area contributed by atoms with Crippen LogP contribution < -0.4 is 0 Å². The zero-order chi connectivity index (χ0) is 9.14. The van der Waals surface area contributed by atoms with Gasteiger partial charge >= 0.3 is 0 Å². The topological polar surface area (TPSA) is 43.1 Å². The summed E-state index contributed by atoms with van der Waals surface area (Å²) in [4.78, 5) is 14.7. The van der Waals surface area contributed by atoms with Crippen LogP contribution in [0, 0.1) is 6.92 Å². The third-order valence-corrected chi connectivity index (χ3v) is 1.85. The first-order valence-electron chi connectivity index (χ1n) is 3.30. The molecule has 0 spiro atoms. The molecule has 1 rings (SSSR count). The van der Waals surface area contributed by atoms with Gasteiger partial charge in [-0.15, -0.1) is 0 Å². The standard InChI is InChI=1S/C7H7BrFNO2/c1-4-7(5(11)2-8)10-6(3-9)12-4/h2-3H2,1H3. The zero-order valence-corrected chi connectivity index (χ0v) is 8.02. The molecule has 66 valence electrons. The molecule has 1 aromatic rings. The second-order valence-electron chi connectivity index (χ2n) is 2.20. The number of alkyl halides is 2. The van der Waals surface area contributed by atoms with Crippen LogP contribution in [0.25, 0.3) is 0 Å². The monoisotopic (exact) mass is 235 g/mol. The third kappa shape index (κ3) is 1.72. The Morgan fingerprint density at radius 2 is 2.42 bits per heavy atom. The van der Waals surface area contributed by atoms with Gasteiger partial charge in [-0.2, -0.15) is 0 Å². The molecular weight excluding hydrogens is 229 g/mol. The summed E-state index contributed by atoms with van der Waals surface area (Å²) in [5.74, 6) is 0.125. The molecule has 0 aliphatic heterocycles. The van der Waals surface area contributed by atoms with E-state index < -0.39 is 6.67 Å². The minimum Gasteiger partial charge on any atom is -0.442 e. The SMILES string of the molecule is Cc1oc(CF)nc1C(=O)CBr. The molecule has 0 fully saturated rings. The molecule has 3 nitrogen and oxygen atoms in total. The fourth-order valence-corrected chi connectivity index (χ4v) is 1.10. The molecule has 1 heterocycles. The molecule has 0 aliphatic carbocycles. The smallest absolute Gasteiger partial charge is 0.226 e. The van der Waals surface area contributed by atoms with E-state index in [9.17, 15) is 9.18 Å². The predicted molar refractivity (Wildman–Crippen MR) is 44.2 cm³/mol. The average Bonchev–Trinajstić information content (AvgIpc) is 2.45. The van der Waals surface area contributed by atoms with E-state index in [1.807, 2.05) is 0 Å². The average molecular weight is 236 g/mol. The molecule has 1 aromatic heterocycles. The lowest BCUT2D eigenvalue weighted by Gasteiger charge is -1.88. The molecular formula is C7H7BrFNO2. The van der Waals surface area contributed by atoms with Crippen molar-refractivity contribution in [2.45, 2.75) is 13.6 Å². The maximum atomic E-state index is 12.0. The van der Waals surface area contributed by atoms with E-state index in [-0.39, 0.29) is 22.7 Å². The number of ketones is 1. The maximum absolute atomic E-state index is 12.0. The maximum Gasteiger partial charge on any atom is 0.226 e. The summed E-state index contributed by atoms with van der Waals surface area (Å²) in [5.41, 5.74) is 0.208. The summed E-state index contributed by atoms with van der Waals surface area (Å²) < 4.78 is 16.9. The Morgan fingerprint density at radius 3 is 2.83 bits per heavy atom. The van der Waals surface area contributed by atoms with E-state index in [4.69, 9.17) is 4.42 Å². The molecule has 0 amide bonds. The molecule has 0 radical (unpaired) electrons. The fraction of sp³-hybridized carbons (Fsp3) is 0.429. The first-order valence-corrected chi connectivity index (χ1v) is 4.42. The number of oxazole rings is 1. The van der Waals surface area contributed by atoms with Gasteiger partial charge in [0.25, 0.3) is 0 Å². The van der Waals surface area contributed by atoms with Crippen LogP contribution in [-0.2, 0) is 6.67 Å². The van der Waals surface area contributed by atoms with E-state index >= 15 is 0 Å². The number of Topliss-reactive ketones (excluding diaryl/α,β-unsaturated/α-hetero) is 1. The number of hydrogen-bond donors (Lipinski definition) is 0. The minimum absolute atomic E-state index is 0.0446. The van der Waals surface area contributed by atoms with Crippen molar-refractivity contribution in [3.05, 3.63) is 17.3 Å². The molecule has 0 aliphatic rings. The van der Waals surface area contributed by atoms with Gasteiger partial charge in [0, 0.05) is 0 Å². The van der Waals surface area contributed by atoms with Crippen LogP contribution in [0.3, 0.4) is 0 Å². The highest BCUT2D eigenvalue weighted by Crippen LogP contribution is 2.12. The summed E-state index contributed by atoms with van der Waals surface area (Å²) in [6, 6.07) is 0. The molecule has 12 heavy (non-hydrogen) atoms. The Balaban J connectivity index is 2.99. The summed E-state index contributed by atoms with van der Waals surface area (Å²) >= 11 is 2.99. The Morgan fingerprint density at radius 1 is 1.75 bits per heavy atom. The van der Waals surface area contributed by atoms with Crippen LogP contribution in [0.2, 0.25) is 0 Å². The van der Waals surface area contributed by atoms with Gasteiger partial charge < -0.3 is 4.42 Å². The van der Waals surface area contributed by atoms with E-state index in [0.29, 0.717) is 5.76 Å². The van der Waals surface area contributed by atoms with Crippen LogP contribution in [-0.4, -0.2) is 16.1 Å². The van der Waals surface area contributed by atoms with Gasteiger partial charge in [0.2, 0.25) is 5.89 Å². The molecule has 0 saturated heterocycles. The van der Waals surface area contributed by atoms with E-state index in [1.165, 1.54) is 0 Å². The third-order valence-electron chi connectivity index (χ3n) is 1.34. The minimum atomic E-state index is -0.781. The van der Waals surface area contributed by atoms with E-state index in [1.54, 1.807) is 6.92 Å². The van der Waals surface area contributed by atoms with E-state index in [0.717, 1.165) is 0 Å². The lowest BCUT2D eigenvalue weighted by atomic mass is 10.3. The van der Waals surface area contributed by atoms with Gasteiger partial charge in [-0.25, -0.2) is 9.37 Å². The van der Waals surface area contributed by atoms with Crippen LogP contribution in [0.15, 0.2) is 4.42 Å². The summed E-state index contributed by atoms with van der Waals surface area (Å²) in [7, 11) is 0. The van der Waals surface area contributed by atoms with Crippen molar-refractivity contribution in [3.63, 3.8) is 0 Å². The zero-order valence-electron chi connectivity index (χ0n) is 6.43. The van der Waals surface area contributed by atoms with Gasteiger partial charge in [-0.3, -0.25) is 4.79 Å². The molecule has 0 N–H and O–H groups in total. The first-order chi connectivity index (χ1) is 5.69. The van der Waals surface area contributed by atoms with Crippen molar-refractivity contribution in [3.8, 4) is 0 Å². The number of carbonyl (C=O) groups excluding carboxylic acids is 1. The Labute approximate surface area is 77.1 Å². The van der Waals surface area contributed by atoms with Gasteiger partial charge in [0.15, 0.2) is 12.5 Å². The molecule has 5 heteroatoms. The van der Waals surface area contributed by atoms with Crippen LogP contribution in [0.4, 0.5) is 4.39 Å². The van der Waals surface area contributed by atoms with Crippen LogP contribution >= 0.6 is 15.9 Å². The Kier molecular flexibility index (Phi) is 2.97. The highest BCUT2D eigenvalue weighted by atomic mass is 79.9. The normalized spacial score (nSPS) is 10.2. The first kappa shape index (κ1) is 9.38. The second-order valence-corrected chi connectivity index (χ2v) is 2.76. The van der Waals surface area contributed by atoms with Crippen molar-refractivity contribution in [2.75, 3.05) is 5.33 Å². The van der Waals surface area contributed by atoms with Crippen molar-refractivity contribution < 1.29 is 13.6 Å². The Bertz CT molecular complexity index is 298.